The molecule has 1 aromatic carbocycles. The summed E-state index contributed by atoms with van der Waals surface area (Å²) in [6.45, 7) is 8.93. The molecule has 35 heavy (non-hydrogen) atoms. The molecule has 7 heteroatoms. The average Bonchev–Trinajstić information content (AvgIpc) is 3.64. The molecule has 6 rings (SSSR count). The number of nitrogens with one attached hydrogen (secondary N) is 1. The first-order valence-electron chi connectivity index (χ1n) is 12.7. The van der Waals surface area contributed by atoms with Gasteiger partial charge in [-0.25, -0.2) is 15.0 Å². The molecule has 2 aliphatic heterocycles. The van der Waals surface area contributed by atoms with Crippen molar-refractivity contribution < 1.29 is 0 Å². The van der Waals surface area contributed by atoms with Crippen LogP contribution in [0.3, 0.4) is 0 Å². The minimum absolute atomic E-state index is 0.158. The molecule has 0 aliphatic carbocycles. The van der Waals surface area contributed by atoms with Crippen molar-refractivity contribution in [2.45, 2.75) is 57.8 Å². The SMILES string of the molecule is CCC(C)N1C[C@@H]2C[C@H]1CN2c1nc(-c2ccnc(NC(C)c3ccccc3)c2)cc2nccn12. The largest absolute Gasteiger partial charge is 0.364 e. The first kappa shape index (κ1) is 22.0. The van der Waals surface area contributed by atoms with Crippen molar-refractivity contribution in [3.8, 4) is 11.3 Å². The zero-order valence-corrected chi connectivity index (χ0v) is 20.7. The molecule has 7 nitrogen and oxygen atoms in total. The topological polar surface area (TPSA) is 61.6 Å². The lowest BCUT2D eigenvalue weighted by Gasteiger charge is -2.38. The summed E-state index contributed by atoms with van der Waals surface area (Å²) in [6.07, 6.45) is 8.16. The molecule has 2 bridgehead atoms. The first-order chi connectivity index (χ1) is 17.1. The minimum Gasteiger partial charge on any atom is -0.364 e. The Morgan fingerprint density at radius 3 is 2.63 bits per heavy atom. The lowest BCUT2D eigenvalue weighted by Crippen LogP contribution is -2.50. The summed E-state index contributed by atoms with van der Waals surface area (Å²) in [5.74, 6) is 1.84. The van der Waals surface area contributed by atoms with Crippen molar-refractivity contribution in [1.82, 2.24) is 24.3 Å². The molecule has 2 unspecified atom stereocenters. The van der Waals surface area contributed by atoms with E-state index in [4.69, 9.17) is 4.98 Å². The highest BCUT2D eigenvalue weighted by molar-refractivity contribution is 5.68. The van der Waals surface area contributed by atoms with Crippen LogP contribution in [-0.2, 0) is 0 Å². The molecule has 1 N–H and O–H groups in total. The molecule has 0 radical (unpaired) electrons. The van der Waals surface area contributed by atoms with E-state index in [1.165, 1.54) is 18.4 Å². The number of anilines is 2. The summed E-state index contributed by atoms with van der Waals surface area (Å²) < 4.78 is 2.13. The maximum atomic E-state index is 5.19. The van der Waals surface area contributed by atoms with Gasteiger partial charge in [-0.15, -0.1) is 0 Å². The minimum atomic E-state index is 0.158. The number of imidazole rings is 1. The van der Waals surface area contributed by atoms with Crippen LogP contribution in [-0.4, -0.2) is 55.5 Å². The first-order valence-corrected chi connectivity index (χ1v) is 12.7. The number of hydrogen-bond acceptors (Lipinski definition) is 6. The number of pyridine rings is 1. The standard InChI is InChI=1S/C28H33N7/c1-4-19(2)34-17-24-15-23(34)18-35(24)28-32-25(16-27-30-12-13-33(27)28)22-10-11-29-26(14-22)31-20(3)21-8-6-5-7-9-21/h5-14,16,19-20,23-24H,4,15,17-18H2,1-3H3,(H,29,31)/t19?,20?,23-,24-/m0/s1. The van der Waals surface area contributed by atoms with Gasteiger partial charge in [0.05, 0.1) is 5.69 Å². The van der Waals surface area contributed by atoms with Crippen LogP contribution in [0, 0.1) is 0 Å². The van der Waals surface area contributed by atoms with Crippen molar-refractivity contribution in [1.29, 1.82) is 0 Å². The van der Waals surface area contributed by atoms with Gasteiger partial charge >= 0.3 is 0 Å². The van der Waals surface area contributed by atoms with Gasteiger partial charge in [-0.1, -0.05) is 37.3 Å². The third-order valence-electron chi connectivity index (χ3n) is 7.79. The fourth-order valence-electron chi connectivity index (χ4n) is 5.69. The molecule has 180 valence electrons. The molecular weight excluding hydrogens is 434 g/mol. The van der Waals surface area contributed by atoms with E-state index in [2.05, 4.69) is 86.7 Å². The third kappa shape index (κ3) is 4.04. The predicted molar refractivity (Wildman–Crippen MR) is 141 cm³/mol. The molecule has 5 heterocycles. The number of benzene rings is 1. The second-order valence-electron chi connectivity index (χ2n) is 9.95. The van der Waals surface area contributed by atoms with E-state index in [0.717, 1.165) is 41.8 Å². The maximum Gasteiger partial charge on any atom is 0.212 e. The Hall–Kier alpha value is -3.45. The quantitative estimate of drug-likeness (QED) is 0.412. The van der Waals surface area contributed by atoms with Crippen LogP contribution in [0.15, 0.2) is 67.1 Å². The maximum absolute atomic E-state index is 5.19. The van der Waals surface area contributed by atoms with Crippen molar-refractivity contribution >= 4 is 17.4 Å². The lowest BCUT2D eigenvalue weighted by molar-refractivity contribution is 0.175. The second kappa shape index (κ2) is 8.96. The van der Waals surface area contributed by atoms with Gasteiger partial charge in [-0.3, -0.25) is 9.30 Å². The van der Waals surface area contributed by atoms with E-state index in [9.17, 15) is 0 Å². The zero-order valence-electron chi connectivity index (χ0n) is 20.7. The van der Waals surface area contributed by atoms with Gasteiger partial charge in [0.25, 0.3) is 0 Å². The van der Waals surface area contributed by atoms with Crippen molar-refractivity contribution in [3.63, 3.8) is 0 Å². The number of aromatic nitrogens is 4. The molecule has 2 fully saturated rings. The summed E-state index contributed by atoms with van der Waals surface area (Å²) in [5.41, 5.74) is 4.13. The number of hydrogen-bond donors (Lipinski definition) is 1. The van der Waals surface area contributed by atoms with Gasteiger partial charge in [0.1, 0.15) is 11.5 Å². The van der Waals surface area contributed by atoms with E-state index in [1.807, 2.05) is 30.7 Å². The van der Waals surface area contributed by atoms with Gasteiger partial charge in [0, 0.05) is 67.5 Å². The summed E-state index contributed by atoms with van der Waals surface area (Å²) in [7, 11) is 0. The third-order valence-corrected chi connectivity index (χ3v) is 7.79. The Bertz CT molecular complexity index is 1320. The molecule has 0 saturated carbocycles. The van der Waals surface area contributed by atoms with E-state index in [1.54, 1.807) is 0 Å². The average molecular weight is 468 g/mol. The van der Waals surface area contributed by atoms with Crippen LogP contribution in [0.25, 0.3) is 16.9 Å². The van der Waals surface area contributed by atoms with Crippen LogP contribution >= 0.6 is 0 Å². The van der Waals surface area contributed by atoms with Crippen LogP contribution < -0.4 is 10.2 Å². The van der Waals surface area contributed by atoms with Gasteiger partial charge in [0.15, 0.2) is 0 Å². The predicted octanol–water partition coefficient (Wildman–Crippen LogP) is 5.03. The van der Waals surface area contributed by atoms with E-state index in [0.29, 0.717) is 18.1 Å². The van der Waals surface area contributed by atoms with Crippen LogP contribution in [0.5, 0.6) is 0 Å². The Morgan fingerprint density at radius 2 is 1.86 bits per heavy atom. The van der Waals surface area contributed by atoms with Crippen LogP contribution in [0.4, 0.5) is 11.8 Å². The van der Waals surface area contributed by atoms with Crippen LogP contribution in [0.2, 0.25) is 0 Å². The Morgan fingerprint density at radius 1 is 1.00 bits per heavy atom. The number of nitrogens with zero attached hydrogens (tertiary/aromatic N) is 6. The zero-order chi connectivity index (χ0) is 23.9. The Balaban J connectivity index is 1.30. The number of rotatable bonds is 7. The molecule has 2 aliphatic rings. The molecule has 3 aromatic heterocycles. The summed E-state index contributed by atoms with van der Waals surface area (Å²) >= 11 is 0. The van der Waals surface area contributed by atoms with E-state index in [-0.39, 0.29) is 6.04 Å². The van der Waals surface area contributed by atoms with E-state index < -0.39 is 0 Å². The molecule has 0 spiro atoms. The van der Waals surface area contributed by atoms with Gasteiger partial charge in [0.2, 0.25) is 5.95 Å². The highest BCUT2D eigenvalue weighted by Crippen LogP contribution is 2.36. The van der Waals surface area contributed by atoms with Gasteiger partial charge in [-0.05, 0) is 44.4 Å². The summed E-state index contributed by atoms with van der Waals surface area (Å²) in [4.78, 5) is 19.6. The second-order valence-corrected chi connectivity index (χ2v) is 9.95. The van der Waals surface area contributed by atoms with Crippen molar-refractivity contribution in [2.75, 3.05) is 23.3 Å². The fourth-order valence-corrected chi connectivity index (χ4v) is 5.69. The molecular formula is C28H33N7. The van der Waals surface area contributed by atoms with Crippen molar-refractivity contribution in [2.24, 2.45) is 0 Å². The Labute approximate surface area is 206 Å². The van der Waals surface area contributed by atoms with Crippen LogP contribution in [0.1, 0.15) is 45.2 Å². The number of piperazine rings is 1. The smallest absolute Gasteiger partial charge is 0.212 e. The monoisotopic (exact) mass is 467 g/mol. The summed E-state index contributed by atoms with van der Waals surface area (Å²) in [6, 6.07) is 18.5. The highest BCUT2D eigenvalue weighted by Gasteiger charge is 2.45. The normalized spacial score (nSPS) is 21.5. The summed E-state index contributed by atoms with van der Waals surface area (Å²) in [5, 5.41) is 3.54. The van der Waals surface area contributed by atoms with Gasteiger partial charge < -0.3 is 10.2 Å². The number of fused-ring (bicyclic) bond motifs is 3. The van der Waals surface area contributed by atoms with E-state index >= 15 is 0 Å². The Kier molecular flexibility index (Phi) is 5.65. The van der Waals surface area contributed by atoms with Gasteiger partial charge in [-0.2, -0.15) is 0 Å². The highest BCUT2D eigenvalue weighted by atomic mass is 15.4. The molecule has 4 aromatic rings. The number of likely N-dealkylation sites (tertiary alicyclic amines) is 1. The van der Waals surface area contributed by atoms with Crippen molar-refractivity contribution in [3.05, 3.63) is 72.7 Å². The molecule has 2 saturated heterocycles. The molecule has 4 atom stereocenters. The molecule has 0 amide bonds. The fraction of sp³-hybridized carbons (Fsp3) is 0.393. The lowest BCUT2D eigenvalue weighted by atomic mass is 10.1.